The largest absolute Gasteiger partial charge is 0.460 e. The molecule has 0 radical (unpaired) electrons. The van der Waals surface area contributed by atoms with E-state index in [0.29, 0.717) is 0 Å². The molecule has 1 saturated heterocycles. The fourth-order valence-corrected chi connectivity index (χ4v) is 2.24. The molecule has 0 bridgehead atoms. The minimum Gasteiger partial charge on any atom is -0.460 e. The SMILES string of the molecule is C[C@@H]1OC(=O)C(Cl)(Cl)[C@@H]1CCl. The van der Waals surface area contributed by atoms with Crippen LogP contribution in [0, 0.1) is 5.92 Å². The molecule has 0 saturated carbocycles. The first-order valence-electron chi connectivity index (χ1n) is 3.15. The average Bonchev–Trinajstić information content (AvgIpc) is 2.04. The Morgan fingerprint density at radius 3 is 2.36 bits per heavy atom. The van der Waals surface area contributed by atoms with Crippen LogP contribution >= 0.6 is 34.8 Å². The molecule has 0 spiro atoms. The summed E-state index contributed by atoms with van der Waals surface area (Å²) >= 11 is 16.9. The first-order chi connectivity index (χ1) is 5.00. The van der Waals surface area contributed by atoms with Crippen LogP contribution in [0.5, 0.6) is 0 Å². The van der Waals surface area contributed by atoms with Crippen LogP contribution in [-0.4, -0.2) is 22.3 Å². The molecule has 0 aromatic heterocycles. The van der Waals surface area contributed by atoms with Crippen LogP contribution < -0.4 is 0 Å². The Morgan fingerprint density at radius 2 is 2.18 bits per heavy atom. The summed E-state index contributed by atoms with van der Waals surface area (Å²) in [6.45, 7) is 1.72. The number of ether oxygens (including phenoxy) is 1. The normalized spacial score (nSPS) is 35.5. The van der Waals surface area contributed by atoms with Gasteiger partial charge in [-0.1, -0.05) is 23.2 Å². The first-order valence-corrected chi connectivity index (χ1v) is 4.44. The number of alkyl halides is 3. The number of carbonyl (C=O) groups is 1. The predicted molar refractivity (Wildman–Crippen MR) is 44.2 cm³/mol. The van der Waals surface area contributed by atoms with Crippen LogP contribution in [0.15, 0.2) is 0 Å². The molecule has 0 aromatic rings. The summed E-state index contributed by atoms with van der Waals surface area (Å²) in [6.07, 6.45) is -0.296. The number of hydrogen-bond donors (Lipinski definition) is 0. The van der Waals surface area contributed by atoms with Crippen LogP contribution in [0.1, 0.15) is 6.92 Å². The van der Waals surface area contributed by atoms with Crippen LogP contribution in [0.25, 0.3) is 0 Å². The molecule has 1 aliphatic rings. The van der Waals surface area contributed by atoms with E-state index >= 15 is 0 Å². The molecule has 0 N–H and O–H groups in total. The van der Waals surface area contributed by atoms with Crippen molar-refractivity contribution in [3.8, 4) is 0 Å². The summed E-state index contributed by atoms with van der Waals surface area (Å²) in [6, 6.07) is 0. The Labute approximate surface area is 79.7 Å². The zero-order chi connectivity index (χ0) is 8.65. The number of hydrogen-bond acceptors (Lipinski definition) is 2. The van der Waals surface area contributed by atoms with Gasteiger partial charge in [0.05, 0.1) is 5.92 Å². The number of esters is 1. The van der Waals surface area contributed by atoms with Crippen molar-refractivity contribution in [3.63, 3.8) is 0 Å². The highest BCUT2D eigenvalue weighted by atomic mass is 35.5. The second-order valence-electron chi connectivity index (χ2n) is 2.49. The van der Waals surface area contributed by atoms with Crippen molar-refractivity contribution < 1.29 is 9.53 Å². The Bertz CT molecular complexity index is 181. The molecule has 1 fully saturated rings. The molecule has 0 aromatic carbocycles. The molecule has 64 valence electrons. The fraction of sp³-hybridized carbons (Fsp3) is 0.833. The van der Waals surface area contributed by atoms with Gasteiger partial charge in [-0.15, -0.1) is 11.6 Å². The lowest BCUT2D eigenvalue weighted by atomic mass is 10.0. The molecule has 1 heterocycles. The Hall–Kier alpha value is 0.340. The third-order valence-corrected chi connectivity index (χ3v) is 2.97. The van der Waals surface area contributed by atoms with Crippen molar-refractivity contribution in [2.75, 3.05) is 5.88 Å². The second-order valence-corrected chi connectivity index (χ2v) is 4.19. The van der Waals surface area contributed by atoms with Crippen LogP contribution in [-0.2, 0) is 9.53 Å². The summed E-state index contributed by atoms with van der Waals surface area (Å²) in [4.78, 5) is 10.9. The number of halogens is 3. The molecule has 5 heteroatoms. The number of rotatable bonds is 1. The summed E-state index contributed by atoms with van der Waals surface area (Å²) in [5.74, 6) is -0.695. The summed E-state index contributed by atoms with van der Waals surface area (Å²) in [5.41, 5.74) is 0. The number of carbonyl (C=O) groups excluding carboxylic acids is 1. The Balaban J connectivity index is 2.84. The second kappa shape index (κ2) is 3.00. The highest BCUT2D eigenvalue weighted by molar-refractivity contribution is 6.58. The molecular formula is C6H7Cl3O2. The van der Waals surface area contributed by atoms with Crippen molar-refractivity contribution in [2.24, 2.45) is 5.92 Å². The Kier molecular flexibility index (Phi) is 2.57. The lowest BCUT2D eigenvalue weighted by Gasteiger charge is -2.15. The molecule has 11 heavy (non-hydrogen) atoms. The monoisotopic (exact) mass is 216 g/mol. The van der Waals surface area contributed by atoms with E-state index in [1.165, 1.54) is 0 Å². The van der Waals surface area contributed by atoms with Crippen molar-refractivity contribution in [1.29, 1.82) is 0 Å². The molecule has 2 nitrogen and oxygen atoms in total. The molecule has 0 amide bonds. The standard InChI is InChI=1S/C6H7Cl3O2/c1-3-4(2-7)6(8,9)5(10)11-3/h3-4H,2H2,1H3/t3-,4+/m0/s1. The third kappa shape index (κ3) is 1.44. The van der Waals surface area contributed by atoms with Crippen LogP contribution in [0.4, 0.5) is 0 Å². The highest BCUT2D eigenvalue weighted by Gasteiger charge is 2.53. The quantitative estimate of drug-likeness (QED) is 0.496. The molecule has 0 unspecified atom stereocenters. The van der Waals surface area contributed by atoms with E-state index < -0.39 is 10.3 Å². The van der Waals surface area contributed by atoms with Gasteiger partial charge in [0.25, 0.3) is 0 Å². The van der Waals surface area contributed by atoms with E-state index in [9.17, 15) is 4.79 Å². The molecule has 1 aliphatic heterocycles. The summed E-state index contributed by atoms with van der Waals surface area (Å²) in [5, 5.41) is 0. The van der Waals surface area contributed by atoms with E-state index in [-0.39, 0.29) is 17.9 Å². The maximum Gasteiger partial charge on any atom is 0.343 e. The lowest BCUT2D eigenvalue weighted by Crippen LogP contribution is -2.30. The predicted octanol–water partition coefficient (Wildman–Crippen LogP) is 1.96. The summed E-state index contributed by atoms with van der Waals surface area (Å²) < 4.78 is 3.34. The van der Waals surface area contributed by atoms with Gasteiger partial charge in [-0.3, -0.25) is 0 Å². The maximum atomic E-state index is 10.9. The van der Waals surface area contributed by atoms with Crippen molar-refractivity contribution in [3.05, 3.63) is 0 Å². The zero-order valence-electron chi connectivity index (χ0n) is 5.81. The van der Waals surface area contributed by atoms with Gasteiger partial charge in [0, 0.05) is 5.88 Å². The summed E-state index contributed by atoms with van der Waals surface area (Å²) in [7, 11) is 0. The minimum absolute atomic E-state index is 0.222. The van der Waals surface area contributed by atoms with Gasteiger partial charge in [-0.05, 0) is 6.92 Å². The first kappa shape index (κ1) is 9.43. The molecule has 1 rings (SSSR count). The van der Waals surface area contributed by atoms with Gasteiger partial charge in [0.2, 0.25) is 4.33 Å². The maximum absolute atomic E-state index is 10.9. The molecular weight excluding hydrogens is 210 g/mol. The minimum atomic E-state index is -1.46. The van der Waals surface area contributed by atoms with Crippen molar-refractivity contribution in [2.45, 2.75) is 17.4 Å². The highest BCUT2D eigenvalue weighted by Crippen LogP contribution is 2.41. The topological polar surface area (TPSA) is 26.3 Å². The lowest BCUT2D eigenvalue weighted by molar-refractivity contribution is -0.141. The van der Waals surface area contributed by atoms with E-state index in [1.807, 2.05) is 0 Å². The molecule has 0 aliphatic carbocycles. The molecule has 2 atom stereocenters. The fourth-order valence-electron chi connectivity index (χ4n) is 0.998. The number of cyclic esters (lactones) is 1. The van der Waals surface area contributed by atoms with Gasteiger partial charge >= 0.3 is 5.97 Å². The third-order valence-electron chi connectivity index (χ3n) is 1.76. The van der Waals surface area contributed by atoms with Crippen LogP contribution in [0.3, 0.4) is 0 Å². The van der Waals surface area contributed by atoms with Crippen molar-refractivity contribution in [1.82, 2.24) is 0 Å². The van der Waals surface area contributed by atoms with Gasteiger partial charge < -0.3 is 4.74 Å². The zero-order valence-corrected chi connectivity index (χ0v) is 8.08. The van der Waals surface area contributed by atoms with E-state index in [0.717, 1.165) is 0 Å². The smallest absolute Gasteiger partial charge is 0.343 e. The van der Waals surface area contributed by atoms with E-state index in [4.69, 9.17) is 39.5 Å². The van der Waals surface area contributed by atoms with E-state index in [2.05, 4.69) is 0 Å². The van der Waals surface area contributed by atoms with Gasteiger partial charge in [-0.25, -0.2) is 4.79 Å². The van der Waals surface area contributed by atoms with E-state index in [1.54, 1.807) is 6.92 Å². The van der Waals surface area contributed by atoms with Gasteiger partial charge in [0.15, 0.2) is 0 Å². The average molecular weight is 217 g/mol. The van der Waals surface area contributed by atoms with Crippen LogP contribution in [0.2, 0.25) is 0 Å². The van der Waals surface area contributed by atoms with Gasteiger partial charge in [0.1, 0.15) is 6.10 Å². The van der Waals surface area contributed by atoms with Crippen molar-refractivity contribution >= 4 is 40.8 Å². The Morgan fingerprint density at radius 1 is 1.64 bits per heavy atom. The van der Waals surface area contributed by atoms with Gasteiger partial charge in [-0.2, -0.15) is 0 Å².